The van der Waals surface area contributed by atoms with Crippen molar-refractivity contribution in [2.75, 3.05) is 30.9 Å². The molecule has 1 aliphatic heterocycles. The fourth-order valence-electron chi connectivity index (χ4n) is 4.06. The molecule has 3 rings (SSSR count). The zero-order valence-electron chi connectivity index (χ0n) is 20.0. The Balaban J connectivity index is 1.78. The van der Waals surface area contributed by atoms with Crippen molar-refractivity contribution in [2.45, 2.75) is 49.8 Å². The molecule has 1 aromatic heterocycles. The lowest BCUT2D eigenvalue weighted by atomic mass is 10.0. The normalized spacial score (nSPS) is 16.6. The molecule has 0 radical (unpaired) electrons. The van der Waals surface area contributed by atoms with E-state index < -0.39 is 28.4 Å². The number of amides is 1. The molecule has 0 aliphatic carbocycles. The molecule has 1 amide bonds. The lowest BCUT2D eigenvalue weighted by Crippen LogP contribution is -2.35. The number of benzene rings is 1. The van der Waals surface area contributed by atoms with Crippen LogP contribution in [0.3, 0.4) is 0 Å². The highest BCUT2D eigenvalue weighted by Crippen LogP contribution is 2.33. The highest BCUT2D eigenvalue weighted by atomic mass is 32.2. The molecule has 9 nitrogen and oxygen atoms in total. The number of aromatic nitrogens is 1. The number of rotatable bonds is 11. The van der Waals surface area contributed by atoms with Gasteiger partial charge in [-0.05, 0) is 36.6 Å². The van der Waals surface area contributed by atoms with Gasteiger partial charge in [0.2, 0.25) is 0 Å². The number of hydrogen-bond acceptors (Lipinski definition) is 8. The standard InChI is InChI=1S/C24H28F2N4O5S/c1-3-36(32,33)19-8-6-16(7-9-19)20(10-11-27)29-23(31)17-13-21(34-2)22(28-14-17)30-12-4-5-18(30)15-35-24(25)26/h6-9,13-14,18,20,24H,3-5,10,12,15H2,1-2H3,(H,29,31)/t18-,20+/m0/s1. The quantitative estimate of drug-likeness (QED) is 0.476. The summed E-state index contributed by atoms with van der Waals surface area (Å²) in [6.45, 7) is -0.877. The third-order valence-electron chi connectivity index (χ3n) is 6.00. The predicted molar refractivity (Wildman–Crippen MR) is 128 cm³/mol. The SMILES string of the molecule is CCS(=O)(=O)c1ccc([C@@H](CC#N)NC(=O)c2cnc(N3CCC[C@H]3COC(F)F)c(OC)c2)cc1. The summed E-state index contributed by atoms with van der Waals surface area (Å²) < 4.78 is 59.0. The number of nitrogens with one attached hydrogen (secondary N) is 1. The number of halogens is 2. The molecule has 194 valence electrons. The average molecular weight is 523 g/mol. The first-order valence-electron chi connectivity index (χ1n) is 11.4. The number of ether oxygens (including phenoxy) is 2. The second kappa shape index (κ2) is 12.1. The molecule has 0 saturated carbocycles. The van der Waals surface area contributed by atoms with Gasteiger partial charge in [-0.2, -0.15) is 14.0 Å². The van der Waals surface area contributed by atoms with Crippen molar-refractivity contribution in [3.8, 4) is 11.8 Å². The number of hydrogen-bond donors (Lipinski definition) is 1. The number of alkyl halides is 2. The van der Waals surface area contributed by atoms with Crippen LogP contribution in [0.5, 0.6) is 5.75 Å². The van der Waals surface area contributed by atoms with E-state index in [-0.39, 0.29) is 35.3 Å². The van der Waals surface area contributed by atoms with Gasteiger partial charge in [0.05, 0.1) is 54.5 Å². The van der Waals surface area contributed by atoms with Crippen LogP contribution in [-0.4, -0.2) is 58.0 Å². The minimum absolute atomic E-state index is 0.0339. The second-order valence-corrected chi connectivity index (χ2v) is 10.5. The van der Waals surface area contributed by atoms with E-state index in [4.69, 9.17) is 4.74 Å². The van der Waals surface area contributed by atoms with E-state index in [1.54, 1.807) is 19.1 Å². The fourth-order valence-corrected chi connectivity index (χ4v) is 4.94. The Kier molecular flexibility index (Phi) is 9.17. The van der Waals surface area contributed by atoms with Crippen LogP contribution in [-0.2, 0) is 14.6 Å². The van der Waals surface area contributed by atoms with Gasteiger partial charge in [0.1, 0.15) is 0 Å². The van der Waals surface area contributed by atoms with Crippen molar-refractivity contribution in [2.24, 2.45) is 0 Å². The lowest BCUT2D eigenvalue weighted by Gasteiger charge is -2.27. The minimum atomic E-state index is -3.37. The Labute approximate surface area is 208 Å². The van der Waals surface area contributed by atoms with E-state index in [2.05, 4.69) is 15.0 Å². The van der Waals surface area contributed by atoms with Crippen molar-refractivity contribution in [1.29, 1.82) is 5.26 Å². The second-order valence-electron chi connectivity index (χ2n) is 8.19. The molecular weight excluding hydrogens is 494 g/mol. The van der Waals surface area contributed by atoms with E-state index in [1.807, 2.05) is 11.0 Å². The highest BCUT2D eigenvalue weighted by Gasteiger charge is 2.29. The summed E-state index contributed by atoms with van der Waals surface area (Å²) in [7, 11) is -1.95. The summed E-state index contributed by atoms with van der Waals surface area (Å²) in [6, 6.07) is 8.60. The smallest absolute Gasteiger partial charge is 0.345 e. The molecule has 1 N–H and O–H groups in total. The van der Waals surface area contributed by atoms with Crippen LogP contribution in [0.2, 0.25) is 0 Å². The van der Waals surface area contributed by atoms with E-state index >= 15 is 0 Å². The Bertz CT molecular complexity index is 1200. The van der Waals surface area contributed by atoms with E-state index in [1.165, 1.54) is 31.5 Å². The summed E-state index contributed by atoms with van der Waals surface area (Å²) in [5, 5.41) is 12.0. The molecule has 36 heavy (non-hydrogen) atoms. The molecule has 0 unspecified atom stereocenters. The van der Waals surface area contributed by atoms with Crippen LogP contribution < -0.4 is 15.0 Å². The molecule has 1 aromatic carbocycles. The number of carbonyl (C=O) groups excluding carboxylic acids is 1. The number of nitriles is 1. The van der Waals surface area contributed by atoms with Gasteiger partial charge in [0, 0.05) is 12.7 Å². The van der Waals surface area contributed by atoms with E-state index in [9.17, 15) is 27.3 Å². The van der Waals surface area contributed by atoms with Crippen LogP contribution in [0.15, 0.2) is 41.4 Å². The first-order chi connectivity index (χ1) is 17.2. The summed E-state index contributed by atoms with van der Waals surface area (Å²) in [5.74, 6) is 0.192. The number of methoxy groups -OCH3 is 1. The van der Waals surface area contributed by atoms with Crippen LogP contribution in [0, 0.1) is 11.3 Å². The largest absolute Gasteiger partial charge is 0.493 e. The molecule has 12 heteroatoms. The van der Waals surface area contributed by atoms with E-state index in [0.717, 1.165) is 6.42 Å². The van der Waals surface area contributed by atoms with Gasteiger partial charge in [-0.3, -0.25) is 4.79 Å². The first-order valence-corrected chi connectivity index (χ1v) is 13.1. The van der Waals surface area contributed by atoms with Gasteiger partial charge in [0.25, 0.3) is 5.91 Å². The Morgan fingerprint density at radius 3 is 2.67 bits per heavy atom. The van der Waals surface area contributed by atoms with Crippen LogP contribution in [0.4, 0.5) is 14.6 Å². The Morgan fingerprint density at radius 2 is 2.06 bits per heavy atom. The van der Waals surface area contributed by atoms with Crippen LogP contribution >= 0.6 is 0 Å². The van der Waals surface area contributed by atoms with Crippen molar-refractivity contribution >= 4 is 21.6 Å². The molecule has 1 saturated heterocycles. The molecule has 0 bridgehead atoms. The van der Waals surface area contributed by atoms with Crippen LogP contribution in [0.1, 0.15) is 48.1 Å². The zero-order valence-corrected chi connectivity index (χ0v) is 20.8. The molecular formula is C24H28F2N4O5S. The topological polar surface area (TPSA) is 122 Å². The fraction of sp³-hybridized carbons (Fsp3) is 0.458. The molecule has 2 atom stereocenters. The van der Waals surface area contributed by atoms with Gasteiger partial charge < -0.3 is 19.7 Å². The minimum Gasteiger partial charge on any atom is -0.493 e. The van der Waals surface area contributed by atoms with Gasteiger partial charge in [-0.1, -0.05) is 19.1 Å². The highest BCUT2D eigenvalue weighted by molar-refractivity contribution is 7.91. The number of carbonyl (C=O) groups is 1. The predicted octanol–water partition coefficient (Wildman–Crippen LogP) is 3.48. The maximum atomic E-state index is 13.0. The van der Waals surface area contributed by atoms with Crippen molar-refractivity contribution in [3.05, 3.63) is 47.7 Å². The Morgan fingerprint density at radius 1 is 1.33 bits per heavy atom. The molecule has 1 aliphatic rings. The van der Waals surface area contributed by atoms with Crippen LogP contribution in [0.25, 0.3) is 0 Å². The van der Waals surface area contributed by atoms with Gasteiger partial charge >= 0.3 is 6.61 Å². The summed E-state index contributed by atoms with van der Waals surface area (Å²) in [4.78, 5) is 19.4. The summed E-state index contributed by atoms with van der Waals surface area (Å²) in [5.41, 5.74) is 0.763. The molecule has 0 spiro atoms. The summed E-state index contributed by atoms with van der Waals surface area (Å²) in [6.07, 6.45) is 2.76. The zero-order chi connectivity index (χ0) is 26.3. The summed E-state index contributed by atoms with van der Waals surface area (Å²) >= 11 is 0. The van der Waals surface area contributed by atoms with Gasteiger partial charge in [-0.25, -0.2) is 13.4 Å². The van der Waals surface area contributed by atoms with Crippen molar-refractivity contribution in [1.82, 2.24) is 10.3 Å². The maximum absolute atomic E-state index is 13.0. The monoisotopic (exact) mass is 522 g/mol. The Hall–Kier alpha value is -3.30. The number of nitrogens with zero attached hydrogens (tertiary/aromatic N) is 3. The van der Waals surface area contributed by atoms with Gasteiger partial charge in [0.15, 0.2) is 21.4 Å². The third-order valence-corrected chi connectivity index (χ3v) is 7.75. The molecule has 2 aromatic rings. The van der Waals surface area contributed by atoms with Crippen molar-refractivity contribution in [3.63, 3.8) is 0 Å². The number of sulfone groups is 1. The molecule has 1 fully saturated rings. The average Bonchev–Trinajstić information content (AvgIpc) is 3.35. The first kappa shape index (κ1) is 27.3. The number of pyridine rings is 1. The molecule has 2 heterocycles. The maximum Gasteiger partial charge on any atom is 0.345 e. The van der Waals surface area contributed by atoms with Gasteiger partial charge in [-0.15, -0.1) is 0 Å². The van der Waals surface area contributed by atoms with E-state index in [0.29, 0.717) is 30.1 Å². The third kappa shape index (κ3) is 6.47. The lowest BCUT2D eigenvalue weighted by molar-refractivity contribution is -0.131. The van der Waals surface area contributed by atoms with Crippen molar-refractivity contribution < 1.29 is 31.5 Å². The number of anilines is 1.